The number of nitrogens with one attached hydrogen (secondary N) is 2. The van der Waals surface area contributed by atoms with Gasteiger partial charge in [0.05, 0.1) is 24.8 Å². The Morgan fingerprint density at radius 2 is 2.22 bits per heavy atom. The van der Waals surface area contributed by atoms with Crippen molar-refractivity contribution in [2.24, 2.45) is 4.99 Å². The van der Waals surface area contributed by atoms with E-state index >= 15 is 0 Å². The van der Waals surface area contributed by atoms with E-state index in [-0.39, 0.29) is 29.8 Å². The molecule has 2 N–H and O–H groups in total. The van der Waals surface area contributed by atoms with Crippen molar-refractivity contribution in [3.05, 3.63) is 35.1 Å². The van der Waals surface area contributed by atoms with Crippen LogP contribution in [0.1, 0.15) is 37.3 Å². The minimum atomic E-state index is -0.170. The second-order valence-electron chi connectivity index (χ2n) is 6.14. The van der Waals surface area contributed by atoms with Gasteiger partial charge in [-0.25, -0.2) is 9.38 Å². The second kappa shape index (κ2) is 8.28. The van der Waals surface area contributed by atoms with Gasteiger partial charge in [0, 0.05) is 6.54 Å². The molecule has 0 amide bonds. The molecule has 2 aliphatic rings. The number of fused-ring (bicyclic) bond motifs is 2. The molecular formula is C17H25FIN3O. The van der Waals surface area contributed by atoms with Gasteiger partial charge in [-0.3, -0.25) is 0 Å². The molecule has 2 fully saturated rings. The van der Waals surface area contributed by atoms with E-state index in [1.54, 1.807) is 13.0 Å². The average molecular weight is 433 g/mol. The van der Waals surface area contributed by atoms with Crippen molar-refractivity contribution in [1.82, 2.24) is 10.6 Å². The van der Waals surface area contributed by atoms with Crippen LogP contribution in [0.3, 0.4) is 0 Å². The zero-order chi connectivity index (χ0) is 15.5. The maximum atomic E-state index is 13.3. The topological polar surface area (TPSA) is 45.7 Å². The zero-order valence-corrected chi connectivity index (χ0v) is 16.0. The first kappa shape index (κ1) is 18.4. The summed E-state index contributed by atoms with van der Waals surface area (Å²) in [4.78, 5) is 4.62. The van der Waals surface area contributed by atoms with Crippen molar-refractivity contribution in [1.29, 1.82) is 0 Å². The van der Waals surface area contributed by atoms with Crippen LogP contribution in [-0.4, -0.2) is 30.8 Å². The van der Waals surface area contributed by atoms with Gasteiger partial charge in [-0.1, -0.05) is 12.1 Å². The van der Waals surface area contributed by atoms with E-state index in [2.05, 4.69) is 22.5 Å². The van der Waals surface area contributed by atoms with Crippen molar-refractivity contribution in [3.63, 3.8) is 0 Å². The SMILES string of the molecule is CCNC(=NCc1ccc(F)c(C)c1)NC1CC2CCC1O2.I. The van der Waals surface area contributed by atoms with Crippen molar-refractivity contribution >= 4 is 29.9 Å². The molecule has 2 saturated heterocycles. The van der Waals surface area contributed by atoms with Crippen LogP contribution < -0.4 is 10.6 Å². The van der Waals surface area contributed by atoms with Gasteiger partial charge >= 0.3 is 0 Å². The molecule has 6 heteroatoms. The van der Waals surface area contributed by atoms with Crippen LogP contribution in [0.4, 0.5) is 4.39 Å². The first-order valence-corrected chi connectivity index (χ1v) is 8.11. The number of halogens is 2. The Bertz CT molecular complexity index is 567. The van der Waals surface area contributed by atoms with Crippen molar-refractivity contribution in [2.75, 3.05) is 6.54 Å². The number of aliphatic imine (C=N–C) groups is 1. The van der Waals surface area contributed by atoms with Gasteiger partial charge < -0.3 is 15.4 Å². The minimum absolute atomic E-state index is 0. The highest BCUT2D eigenvalue weighted by molar-refractivity contribution is 14.0. The molecule has 2 bridgehead atoms. The maximum absolute atomic E-state index is 13.3. The highest BCUT2D eigenvalue weighted by Gasteiger charge is 2.41. The number of benzene rings is 1. The van der Waals surface area contributed by atoms with E-state index in [1.165, 1.54) is 12.5 Å². The summed E-state index contributed by atoms with van der Waals surface area (Å²) in [7, 11) is 0. The third-order valence-electron chi connectivity index (χ3n) is 4.41. The Balaban J connectivity index is 0.00000192. The van der Waals surface area contributed by atoms with Crippen LogP contribution in [0.25, 0.3) is 0 Å². The first-order chi connectivity index (χ1) is 10.7. The lowest BCUT2D eigenvalue weighted by Crippen LogP contribution is -2.47. The Hall–Kier alpha value is -0.890. The van der Waals surface area contributed by atoms with Crippen LogP contribution in [0.15, 0.2) is 23.2 Å². The smallest absolute Gasteiger partial charge is 0.191 e. The predicted octanol–water partition coefficient (Wildman–Crippen LogP) is 3.13. The molecule has 3 unspecified atom stereocenters. The highest BCUT2D eigenvalue weighted by atomic mass is 127. The summed E-state index contributed by atoms with van der Waals surface area (Å²) in [6.07, 6.45) is 4.13. The molecule has 23 heavy (non-hydrogen) atoms. The zero-order valence-electron chi connectivity index (χ0n) is 13.6. The lowest BCUT2D eigenvalue weighted by atomic mass is 9.96. The highest BCUT2D eigenvalue weighted by Crippen LogP contribution is 2.34. The molecule has 2 heterocycles. The summed E-state index contributed by atoms with van der Waals surface area (Å²) in [6, 6.07) is 5.50. The molecule has 3 rings (SSSR count). The number of rotatable bonds is 4. The lowest BCUT2D eigenvalue weighted by Gasteiger charge is -2.22. The number of ether oxygens (including phenoxy) is 1. The standard InChI is InChI=1S/C17H24FN3O.HI/c1-3-19-17(21-15-9-13-5-7-16(15)22-13)20-10-12-4-6-14(18)11(2)8-12;/h4,6,8,13,15-16H,3,5,7,9-10H2,1-2H3,(H2,19,20,21);1H. The van der Waals surface area contributed by atoms with Gasteiger partial charge in [0.1, 0.15) is 5.82 Å². The molecule has 3 atom stereocenters. The Kier molecular flexibility index (Phi) is 6.64. The molecule has 0 radical (unpaired) electrons. The van der Waals surface area contributed by atoms with Crippen molar-refractivity contribution in [2.45, 2.75) is 57.9 Å². The van der Waals surface area contributed by atoms with Crippen LogP contribution >= 0.6 is 24.0 Å². The van der Waals surface area contributed by atoms with E-state index in [9.17, 15) is 4.39 Å². The molecule has 2 aliphatic heterocycles. The number of guanidine groups is 1. The van der Waals surface area contributed by atoms with Gasteiger partial charge in [-0.05, 0) is 50.3 Å². The third kappa shape index (κ3) is 4.56. The normalized spacial score (nSPS) is 26.0. The van der Waals surface area contributed by atoms with Crippen LogP contribution in [0, 0.1) is 12.7 Å². The molecule has 0 spiro atoms. The van der Waals surface area contributed by atoms with Crippen LogP contribution in [0.2, 0.25) is 0 Å². The van der Waals surface area contributed by atoms with E-state index in [0.717, 1.165) is 30.9 Å². The predicted molar refractivity (Wildman–Crippen MR) is 101 cm³/mol. The van der Waals surface area contributed by atoms with E-state index in [4.69, 9.17) is 4.74 Å². The quantitative estimate of drug-likeness (QED) is 0.436. The number of hydrogen-bond acceptors (Lipinski definition) is 2. The number of nitrogens with zero attached hydrogens (tertiary/aromatic N) is 1. The summed E-state index contributed by atoms with van der Waals surface area (Å²) in [6.45, 7) is 5.18. The van der Waals surface area contributed by atoms with E-state index in [0.29, 0.717) is 30.4 Å². The Labute approximate surface area is 154 Å². The third-order valence-corrected chi connectivity index (χ3v) is 4.41. The average Bonchev–Trinajstić information content (AvgIpc) is 3.11. The molecule has 1 aromatic carbocycles. The summed E-state index contributed by atoms with van der Waals surface area (Å²) in [5, 5.41) is 6.76. The molecule has 4 nitrogen and oxygen atoms in total. The van der Waals surface area contributed by atoms with Gasteiger partial charge in [-0.2, -0.15) is 0 Å². The second-order valence-corrected chi connectivity index (χ2v) is 6.14. The van der Waals surface area contributed by atoms with Crippen molar-refractivity contribution in [3.8, 4) is 0 Å². The maximum Gasteiger partial charge on any atom is 0.191 e. The minimum Gasteiger partial charge on any atom is -0.373 e. The fourth-order valence-corrected chi connectivity index (χ4v) is 3.26. The fraction of sp³-hybridized carbons (Fsp3) is 0.588. The lowest BCUT2D eigenvalue weighted by molar-refractivity contribution is 0.0992. The summed E-state index contributed by atoms with van der Waals surface area (Å²) < 4.78 is 19.2. The fourth-order valence-electron chi connectivity index (χ4n) is 3.26. The first-order valence-electron chi connectivity index (χ1n) is 8.11. The molecule has 1 aromatic rings. The van der Waals surface area contributed by atoms with Gasteiger partial charge in [0.2, 0.25) is 0 Å². The van der Waals surface area contributed by atoms with E-state index < -0.39 is 0 Å². The molecule has 0 aliphatic carbocycles. The molecule has 0 aromatic heterocycles. The summed E-state index contributed by atoms with van der Waals surface area (Å²) >= 11 is 0. The summed E-state index contributed by atoms with van der Waals surface area (Å²) in [5.74, 6) is 0.641. The largest absolute Gasteiger partial charge is 0.373 e. The van der Waals surface area contributed by atoms with Crippen molar-refractivity contribution < 1.29 is 9.13 Å². The molecular weight excluding hydrogens is 408 g/mol. The number of hydrogen-bond donors (Lipinski definition) is 2. The molecule has 128 valence electrons. The van der Waals surface area contributed by atoms with Crippen LogP contribution in [0.5, 0.6) is 0 Å². The number of aryl methyl sites for hydroxylation is 1. The van der Waals surface area contributed by atoms with Gasteiger partial charge in [0.25, 0.3) is 0 Å². The van der Waals surface area contributed by atoms with Gasteiger partial charge in [0.15, 0.2) is 5.96 Å². The van der Waals surface area contributed by atoms with Gasteiger partial charge in [-0.15, -0.1) is 24.0 Å². The molecule has 0 saturated carbocycles. The monoisotopic (exact) mass is 433 g/mol. The van der Waals surface area contributed by atoms with Crippen LogP contribution in [-0.2, 0) is 11.3 Å². The Morgan fingerprint density at radius 3 is 2.83 bits per heavy atom. The summed E-state index contributed by atoms with van der Waals surface area (Å²) in [5.41, 5.74) is 1.67. The van der Waals surface area contributed by atoms with E-state index in [1.807, 2.05) is 6.07 Å². The Morgan fingerprint density at radius 1 is 1.39 bits per heavy atom.